The first-order chi connectivity index (χ1) is 13.7. The van der Waals surface area contributed by atoms with E-state index in [1.54, 1.807) is 11.3 Å². The molecule has 1 saturated heterocycles. The molecular formula is C26H33ClN2. The Morgan fingerprint density at radius 2 is 1.79 bits per heavy atom. The quantitative estimate of drug-likeness (QED) is 0.485. The second-order valence-corrected chi connectivity index (χ2v) is 9.08. The molecule has 2 atom stereocenters. The molecule has 0 aliphatic carbocycles. The molecule has 3 heterocycles. The van der Waals surface area contributed by atoms with Gasteiger partial charge in [0.25, 0.3) is 0 Å². The van der Waals surface area contributed by atoms with Crippen LogP contribution in [0.15, 0.2) is 54.6 Å². The van der Waals surface area contributed by atoms with E-state index >= 15 is 0 Å². The Bertz CT molecular complexity index is 977. The molecule has 1 fully saturated rings. The van der Waals surface area contributed by atoms with Crippen LogP contribution < -0.4 is 0 Å². The van der Waals surface area contributed by atoms with Crippen molar-refractivity contribution in [3.63, 3.8) is 0 Å². The number of fused-ring (bicyclic) bond motifs is 5. The van der Waals surface area contributed by atoms with Crippen LogP contribution in [0, 0.1) is 5.92 Å². The maximum absolute atomic E-state index is 2.82. The molecule has 2 aromatic carbocycles. The fourth-order valence-electron chi connectivity index (χ4n) is 5.92. The molecule has 2 nitrogen and oxygen atoms in total. The molecule has 2 aliphatic heterocycles. The molecule has 5 rings (SSSR count). The molecule has 0 amide bonds. The van der Waals surface area contributed by atoms with E-state index in [0.29, 0.717) is 0 Å². The predicted molar refractivity (Wildman–Crippen MR) is 125 cm³/mol. The van der Waals surface area contributed by atoms with Crippen molar-refractivity contribution in [1.29, 1.82) is 0 Å². The zero-order chi connectivity index (χ0) is 19.1. The first-order valence-corrected chi connectivity index (χ1v) is 11.1. The number of piperidine rings is 1. The van der Waals surface area contributed by atoms with Gasteiger partial charge in [0.2, 0.25) is 0 Å². The number of hydrogen-bond acceptors (Lipinski definition) is 1. The Morgan fingerprint density at radius 1 is 1.03 bits per heavy atom. The molecule has 0 N–H and O–H groups in total. The van der Waals surface area contributed by atoms with Gasteiger partial charge in [-0.1, -0.05) is 61.9 Å². The zero-order valence-electron chi connectivity index (χ0n) is 17.7. The predicted octanol–water partition coefficient (Wildman–Crippen LogP) is 6.39. The van der Waals surface area contributed by atoms with Crippen LogP contribution in [0.2, 0.25) is 0 Å². The van der Waals surface area contributed by atoms with E-state index in [9.17, 15) is 0 Å². The molecular weight excluding hydrogens is 376 g/mol. The number of hydrogen-bond donors (Lipinski definition) is 0. The maximum atomic E-state index is 2.82. The topological polar surface area (TPSA) is 8.17 Å². The van der Waals surface area contributed by atoms with Gasteiger partial charge in [-0.2, -0.15) is 0 Å². The lowest BCUT2D eigenvalue weighted by atomic mass is 9.76. The van der Waals surface area contributed by atoms with Gasteiger partial charge in [-0.15, -0.1) is 12.4 Å². The van der Waals surface area contributed by atoms with Crippen molar-refractivity contribution in [2.75, 3.05) is 13.1 Å². The highest BCUT2D eigenvalue weighted by Crippen LogP contribution is 2.47. The summed E-state index contributed by atoms with van der Waals surface area (Å²) in [6, 6.07) is 20.1. The third-order valence-corrected chi connectivity index (χ3v) is 7.31. The summed E-state index contributed by atoms with van der Waals surface area (Å²) < 4.78 is 2.65. The lowest BCUT2D eigenvalue weighted by Gasteiger charge is -2.51. The van der Waals surface area contributed by atoms with Gasteiger partial charge in [0.05, 0.1) is 5.54 Å². The Labute approximate surface area is 181 Å². The molecule has 1 aromatic heterocycles. The van der Waals surface area contributed by atoms with Crippen molar-refractivity contribution in [1.82, 2.24) is 9.47 Å². The SMILES string of the molecule is CCCC1CC[C@]2(C)c3c(c4ccccc4n3Cc3ccccc3)CCN2C1.Cl. The minimum Gasteiger partial charge on any atom is -0.338 e. The van der Waals surface area contributed by atoms with Crippen molar-refractivity contribution in [3.8, 4) is 0 Å². The fourth-order valence-corrected chi connectivity index (χ4v) is 5.92. The number of rotatable bonds is 4. The standard InChI is InChI=1S/C26H32N2.ClH/c1-3-9-20-14-16-26(2)25-23(15-17-27(26)18-20)22-12-7-8-13-24(22)28(25)19-21-10-5-4-6-11-21;/h4-8,10-13,20H,3,9,14-19H2,1-2H3;1H/t20?,26-;/m1./s1. The molecule has 3 heteroatoms. The van der Waals surface area contributed by atoms with E-state index in [1.807, 2.05) is 0 Å². The van der Waals surface area contributed by atoms with E-state index in [0.717, 1.165) is 12.5 Å². The Balaban J connectivity index is 0.00000205. The molecule has 0 bridgehead atoms. The van der Waals surface area contributed by atoms with E-state index in [4.69, 9.17) is 0 Å². The Kier molecular flexibility index (Phi) is 5.77. The Hall–Kier alpha value is -1.77. The van der Waals surface area contributed by atoms with E-state index < -0.39 is 0 Å². The average molecular weight is 409 g/mol. The minimum atomic E-state index is 0. The highest BCUT2D eigenvalue weighted by Gasteiger charge is 2.45. The highest BCUT2D eigenvalue weighted by molar-refractivity contribution is 5.86. The van der Waals surface area contributed by atoms with Crippen LogP contribution in [0.25, 0.3) is 10.9 Å². The van der Waals surface area contributed by atoms with Crippen LogP contribution in [0.3, 0.4) is 0 Å². The molecule has 29 heavy (non-hydrogen) atoms. The second kappa shape index (κ2) is 8.16. The average Bonchev–Trinajstić information content (AvgIpc) is 3.04. The summed E-state index contributed by atoms with van der Waals surface area (Å²) in [5.74, 6) is 0.881. The normalized spacial score (nSPS) is 24.0. The van der Waals surface area contributed by atoms with Crippen molar-refractivity contribution in [2.24, 2.45) is 5.92 Å². The van der Waals surface area contributed by atoms with Crippen molar-refractivity contribution in [3.05, 3.63) is 71.4 Å². The van der Waals surface area contributed by atoms with Gasteiger partial charge in [0.15, 0.2) is 0 Å². The van der Waals surface area contributed by atoms with Gasteiger partial charge >= 0.3 is 0 Å². The third-order valence-electron chi connectivity index (χ3n) is 7.31. The lowest BCUT2D eigenvalue weighted by molar-refractivity contribution is 0.0129. The van der Waals surface area contributed by atoms with Crippen molar-refractivity contribution >= 4 is 23.3 Å². The van der Waals surface area contributed by atoms with Crippen molar-refractivity contribution in [2.45, 2.75) is 58.0 Å². The molecule has 154 valence electrons. The van der Waals surface area contributed by atoms with Gasteiger partial charge in [0.1, 0.15) is 0 Å². The van der Waals surface area contributed by atoms with Gasteiger partial charge in [-0.05, 0) is 55.7 Å². The van der Waals surface area contributed by atoms with Crippen LogP contribution in [-0.4, -0.2) is 22.6 Å². The first kappa shape index (κ1) is 20.5. The summed E-state index contributed by atoms with van der Waals surface area (Å²) in [5.41, 5.74) is 6.19. The second-order valence-electron chi connectivity index (χ2n) is 9.08. The van der Waals surface area contributed by atoms with Crippen LogP contribution in [0.4, 0.5) is 0 Å². The van der Waals surface area contributed by atoms with Crippen LogP contribution >= 0.6 is 12.4 Å². The third kappa shape index (κ3) is 3.41. The van der Waals surface area contributed by atoms with E-state index in [1.165, 1.54) is 61.7 Å². The summed E-state index contributed by atoms with van der Waals surface area (Å²) in [6.45, 7) is 8.31. The maximum Gasteiger partial charge on any atom is 0.0588 e. The summed E-state index contributed by atoms with van der Waals surface area (Å²) in [6.07, 6.45) is 6.54. The van der Waals surface area contributed by atoms with Gasteiger partial charge < -0.3 is 4.57 Å². The van der Waals surface area contributed by atoms with E-state index in [2.05, 4.69) is 77.9 Å². The number of halogens is 1. The summed E-state index contributed by atoms with van der Waals surface area (Å²) in [7, 11) is 0. The first-order valence-electron chi connectivity index (χ1n) is 11.1. The minimum absolute atomic E-state index is 0. The summed E-state index contributed by atoms with van der Waals surface area (Å²) in [4.78, 5) is 2.82. The largest absolute Gasteiger partial charge is 0.338 e. The van der Waals surface area contributed by atoms with E-state index in [-0.39, 0.29) is 17.9 Å². The van der Waals surface area contributed by atoms with Gasteiger partial charge in [0, 0.05) is 36.2 Å². The number of para-hydroxylation sites is 1. The smallest absolute Gasteiger partial charge is 0.0588 e. The van der Waals surface area contributed by atoms with Gasteiger partial charge in [-0.3, -0.25) is 4.90 Å². The fraction of sp³-hybridized carbons (Fsp3) is 0.462. The molecule has 0 saturated carbocycles. The lowest BCUT2D eigenvalue weighted by Crippen LogP contribution is -2.54. The summed E-state index contributed by atoms with van der Waals surface area (Å²) >= 11 is 0. The molecule has 0 spiro atoms. The molecule has 1 unspecified atom stereocenters. The molecule has 3 aromatic rings. The van der Waals surface area contributed by atoms with Crippen molar-refractivity contribution < 1.29 is 0 Å². The van der Waals surface area contributed by atoms with Crippen LogP contribution in [0.1, 0.15) is 56.4 Å². The monoisotopic (exact) mass is 408 g/mol. The highest BCUT2D eigenvalue weighted by atomic mass is 35.5. The Morgan fingerprint density at radius 3 is 2.59 bits per heavy atom. The van der Waals surface area contributed by atoms with Crippen LogP contribution in [0.5, 0.6) is 0 Å². The molecule has 0 radical (unpaired) electrons. The van der Waals surface area contributed by atoms with Crippen LogP contribution in [-0.2, 0) is 18.5 Å². The number of benzene rings is 2. The number of aromatic nitrogens is 1. The molecule has 2 aliphatic rings. The van der Waals surface area contributed by atoms with Gasteiger partial charge in [-0.25, -0.2) is 0 Å². The number of nitrogens with zero attached hydrogens (tertiary/aromatic N) is 2. The summed E-state index contributed by atoms with van der Waals surface area (Å²) in [5, 5.41) is 1.48. The zero-order valence-corrected chi connectivity index (χ0v) is 18.5.